The number of amides is 1. The van der Waals surface area contributed by atoms with E-state index in [0.717, 1.165) is 18.4 Å². The molecular weight excluding hydrogens is 330 g/mol. The second-order valence-corrected chi connectivity index (χ2v) is 6.08. The molecule has 5 nitrogen and oxygen atoms in total. The molecule has 1 N–H and O–H groups in total. The van der Waals surface area contributed by atoms with Crippen molar-refractivity contribution in [1.82, 2.24) is 0 Å². The van der Waals surface area contributed by atoms with Crippen LogP contribution in [0.3, 0.4) is 0 Å². The van der Waals surface area contributed by atoms with Gasteiger partial charge < -0.3 is 14.8 Å². The Morgan fingerprint density at radius 1 is 1.08 bits per heavy atom. The van der Waals surface area contributed by atoms with Crippen molar-refractivity contribution in [1.29, 1.82) is 0 Å². The molecule has 1 atom stereocenters. The SMILES string of the molecule is CCCCOC(=O)c1ccc(NC(=O)[C@@H](C)Oc2ccccc2C)cc1. The third-order valence-corrected chi connectivity index (χ3v) is 3.89. The zero-order valence-corrected chi connectivity index (χ0v) is 15.5. The number of esters is 1. The Bertz CT molecular complexity index is 740. The molecule has 0 radical (unpaired) electrons. The maximum atomic E-state index is 12.3. The summed E-state index contributed by atoms with van der Waals surface area (Å²) in [6, 6.07) is 14.2. The van der Waals surface area contributed by atoms with E-state index < -0.39 is 6.10 Å². The van der Waals surface area contributed by atoms with Crippen molar-refractivity contribution >= 4 is 17.6 Å². The average Bonchev–Trinajstić information content (AvgIpc) is 2.64. The summed E-state index contributed by atoms with van der Waals surface area (Å²) < 4.78 is 10.9. The maximum absolute atomic E-state index is 12.3. The molecule has 0 aliphatic carbocycles. The fourth-order valence-electron chi connectivity index (χ4n) is 2.26. The Morgan fingerprint density at radius 3 is 2.42 bits per heavy atom. The van der Waals surface area contributed by atoms with Gasteiger partial charge in [-0.25, -0.2) is 4.79 Å². The molecule has 0 unspecified atom stereocenters. The van der Waals surface area contributed by atoms with E-state index in [1.54, 1.807) is 31.2 Å². The molecule has 0 spiro atoms. The fourth-order valence-corrected chi connectivity index (χ4v) is 2.26. The van der Waals surface area contributed by atoms with Gasteiger partial charge in [-0.05, 0) is 56.2 Å². The molecule has 0 fully saturated rings. The van der Waals surface area contributed by atoms with Gasteiger partial charge >= 0.3 is 5.97 Å². The lowest BCUT2D eigenvalue weighted by Gasteiger charge is -2.16. The van der Waals surface area contributed by atoms with Crippen molar-refractivity contribution in [2.24, 2.45) is 0 Å². The number of rotatable bonds is 8. The van der Waals surface area contributed by atoms with Gasteiger partial charge in [0.25, 0.3) is 5.91 Å². The van der Waals surface area contributed by atoms with Gasteiger partial charge in [-0.3, -0.25) is 4.79 Å². The minimum Gasteiger partial charge on any atom is -0.481 e. The Balaban J connectivity index is 1.90. The van der Waals surface area contributed by atoms with Crippen molar-refractivity contribution < 1.29 is 19.1 Å². The van der Waals surface area contributed by atoms with E-state index in [1.807, 2.05) is 38.1 Å². The topological polar surface area (TPSA) is 64.6 Å². The molecule has 2 rings (SSSR count). The molecule has 2 aromatic rings. The lowest BCUT2D eigenvalue weighted by atomic mass is 10.2. The first-order chi connectivity index (χ1) is 12.5. The van der Waals surface area contributed by atoms with Gasteiger partial charge in [0.05, 0.1) is 12.2 Å². The molecule has 0 saturated carbocycles. The number of carbonyl (C=O) groups is 2. The van der Waals surface area contributed by atoms with Crippen molar-refractivity contribution in [3.05, 3.63) is 59.7 Å². The van der Waals surface area contributed by atoms with Crippen LogP contribution in [-0.2, 0) is 9.53 Å². The highest BCUT2D eigenvalue weighted by atomic mass is 16.5. The van der Waals surface area contributed by atoms with E-state index in [4.69, 9.17) is 9.47 Å². The molecule has 0 saturated heterocycles. The Hall–Kier alpha value is -2.82. The highest BCUT2D eigenvalue weighted by molar-refractivity contribution is 5.95. The van der Waals surface area contributed by atoms with Crippen LogP contribution in [0.25, 0.3) is 0 Å². The third-order valence-electron chi connectivity index (χ3n) is 3.89. The van der Waals surface area contributed by atoms with E-state index in [0.29, 0.717) is 23.6 Å². The maximum Gasteiger partial charge on any atom is 0.338 e. The number of ether oxygens (including phenoxy) is 2. The number of hydrogen-bond donors (Lipinski definition) is 1. The van der Waals surface area contributed by atoms with Gasteiger partial charge in [0.2, 0.25) is 0 Å². The lowest BCUT2D eigenvalue weighted by Crippen LogP contribution is -2.30. The van der Waals surface area contributed by atoms with E-state index >= 15 is 0 Å². The molecule has 0 heterocycles. The number of hydrogen-bond acceptors (Lipinski definition) is 4. The minimum absolute atomic E-state index is 0.258. The summed E-state index contributed by atoms with van der Waals surface area (Å²) in [7, 11) is 0. The largest absolute Gasteiger partial charge is 0.481 e. The van der Waals surface area contributed by atoms with Crippen molar-refractivity contribution in [2.75, 3.05) is 11.9 Å². The van der Waals surface area contributed by atoms with E-state index in [2.05, 4.69) is 5.32 Å². The second kappa shape index (κ2) is 9.61. The monoisotopic (exact) mass is 355 g/mol. The van der Waals surface area contributed by atoms with Crippen LogP contribution >= 0.6 is 0 Å². The highest BCUT2D eigenvalue weighted by Crippen LogP contribution is 2.18. The molecular formula is C21H25NO4. The number of nitrogens with one attached hydrogen (secondary N) is 1. The zero-order valence-electron chi connectivity index (χ0n) is 15.5. The zero-order chi connectivity index (χ0) is 18.9. The van der Waals surface area contributed by atoms with Gasteiger partial charge in [0, 0.05) is 5.69 Å². The average molecular weight is 355 g/mol. The van der Waals surface area contributed by atoms with Crippen LogP contribution in [-0.4, -0.2) is 24.6 Å². The fraction of sp³-hybridized carbons (Fsp3) is 0.333. The van der Waals surface area contributed by atoms with Gasteiger partial charge in [0.1, 0.15) is 5.75 Å². The van der Waals surface area contributed by atoms with Gasteiger partial charge in [-0.2, -0.15) is 0 Å². The first-order valence-electron chi connectivity index (χ1n) is 8.81. The van der Waals surface area contributed by atoms with Gasteiger partial charge in [-0.1, -0.05) is 31.5 Å². The van der Waals surface area contributed by atoms with Crippen LogP contribution in [0.4, 0.5) is 5.69 Å². The number of benzene rings is 2. The lowest BCUT2D eigenvalue weighted by molar-refractivity contribution is -0.122. The molecule has 5 heteroatoms. The molecule has 0 aliphatic heterocycles. The Kier molecular flexibility index (Phi) is 7.21. The van der Waals surface area contributed by atoms with E-state index in [9.17, 15) is 9.59 Å². The van der Waals surface area contributed by atoms with Gasteiger partial charge in [-0.15, -0.1) is 0 Å². The van der Waals surface area contributed by atoms with Gasteiger partial charge in [0.15, 0.2) is 6.10 Å². The summed E-state index contributed by atoms with van der Waals surface area (Å²) in [6.45, 7) is 6.08. The molecule has 2 aromatic carbocycles. The predicted molar refractivity (Wildman–Crippen MR) is 102 cm³/mol. The number of aryl methyl sites for hydroxylation is 1. The third kappa shape index (κ3) is 5.62. The van der Waals surface area contributed by atoms with Crippen LogP contribution in [0.15, 0.2) is 48.5 Å². The predicted octanol–water partition coefficient (Wildman–Crippen LogP) is 4.36. The smallest absolute Gasteiger partial charge is 0.338 e. The highest BCUT2D eigenvalue weighted by Gasteiger charge is 2.16. The van der Waals surface area contributed by atoms with Crippen LogP contribution in [0.2, 0.25) is 0 Å². The first-order valence-corrected chi connectivity index (χ1v) is 8.81. The summed E-state index contributed by atoms with van der Waals surface area (Å²) in [5.74, 6) is 0.0689. The number of carbonyl (C=O) groups excluding carboxylic acids is 2. The molecule has 0 aliphatic rings. The minimum atomic E-state index is -0.644. The van der Waals surface area contributed by atoms with Crippen molar-refractivity contribution in [2.45, 2.75) is 39.7 Å². The standard InChI is InChI=1S/C21H25NO4/c1-4-5-14-25-21(24)17-10-12-18(13-11-17)22-20(23)16(3)26-19-9-7-6-8-15(19)2/h6-13,16H,4-5,14H2,1-3H3,(H,22,23)/t16-/m1/s1. The number of unbranched alkanes of at least 4 members (excludes halogenated alkanes) is 1. The normalized spacial score (nSPS) is 11.5. The quantitative estimate of drug-likeness (QED) is 0.564. The number of anilines is 1. The van der Waals surface area contributed by atoms with Crippen LogP contribution in [0.5, 0.6) is 5.75 Å². The molecule has 1 amide bonds. The molecule has 0 aromatic heterocycles. The van der Waals surface area contributed by atoms with E-state index in [-0.39, 0.29) is 11.9 Å². The van der Waals surface area contributed by atoms with Crippen LogP contribution < -0.4 is 10.1 Å². The summed E-state index contributed by atoms with van der Waals surface area (Å²) >= 11 is 0. The Labute approximate surface area is 154 Å². The molecule has 138 valence electrons. The van der Waals surface area contributed by atoms with Crippen molar-refractivity contribution in [3.63, 3.8) is 0 Å². The first kappa shape index (κ1) is 19.5. The summed E-state index contributed by atoms with van der Waals surface area (Å²) in [4.78, 5) is 24.2. The van der Waals surface area contributed by atoms with E-state index in [1.165, 1.54) is 0 Å². The molecule has 0 bridgehead atoms. The summed E-state index contributed by atoms with van der Waals surface area (Å²) in [5.41, 5.74) is 2.03. The summed E-state index contributed by atoms with van der Waals surface area (Å²) in [5, 5.41) is 2.78. The molecule has 26 heavy (non-hydrogen) atoms. The second-order valence-electron chi connectivity index (χ2n) is 6.08. The Morgan fingerprint density at radius 2 is 1.77 bits per heavy atom. The number of para-hydroxylation sites is 1. The van der Waals surface area contributed by atoms with Crippen LogP contribution in [0, 0.1) is 6.92 Å². The van der Waals surface area contributed by atoms with Crippen molar-refractivity contribution in [3.8, 4) is 5.75 Å². The summed E-state index contributed by atoms with van der Waals surface area (Å²) in [6.07, 6.45) is 1.18. The van der Waals surface area contributed by atoms with Crippen LogP contribution in [0.1, 0.15) is 42.6 Å².